The molecule has 0 amide bonds. The molecule has 88 valence electrons. The summed E-state index contributed by atoms with van der Waals surface area (Å²) >= 11 is 6.84. The monoisotopic (exact) mass is 255 g/mol. The number of thiocarbonyl (C=S) groups is 1. The van der Waals surface area contributed by atoms with Gasteiger partial charge in [0.2, 0.25) is 0 Å². The molecule has 3 nitrogen and oxygen atoms in total. The van der Waals surface area contributed by atoms with E-state index in [1.54, 1.807) is 11.8 Å². The highest BCUT2D eigenvalue weighted by Crippen LogP contribution is 2.18. The number of nitrogens with one attached hydrogen (secondary N) is 1. The molecule has 0 fully saturated rings. The first-order valence-electron chi connectivity index (χ1n) is 5.07. The molecule has 3 N–H and O–H groups in total. The maximum atomic E-state index is 5.72. The molecule has 1 aromatic heterocycles. The van der Waals surface area contributed by atoms with Crippen molar-refractivity contribution in [3.05, 3.63) is 22.9 Å². The zero-order valence-corrected chi connectivity index (χ0v) is 11.5. The molecule has 0 saturated carbocycles. The standard InChI is InChI=1S/C11H17N3S2/c1-7-6-8(2)14-11(9(7)10(12)15)13-4-5-16-3/h6H,4-5H2,1-3H3,(H2,12,15)(H,13,14). The van der Waals surface area contributed by atoms with Crippen LogP contribution in [0.1, 0.15) is 16.8 Å². The summed E-state index contributed by atoms with van der Waals surface area (Å²) in [5.41, 5.74) is 8.63. The van der Waals surface area contributed by atoms with E-state index >= 15 is 0 Å². The average Bonchev–Trinajstić information content (AvgIpc) is 2.16. The van der Waals surface area contributed by atoms with E-state index in [1.165, 1.54) is 0 Å². The zero-order chi connectivity index (χ0) is 12.1. The van der Waals surface area contributed by atoms with Crippen LogP contribution in [0.25, 0.3) is 0 Å². The van der Waals surface area contributed by atoms with Crippen LogP contribution in [0, 0.1) is 13.8 Å². The number of nitrogens with zero attached hydrogens (tertiary/aromatic N) is 1. The number of anilines is 1. The van der Waals surface area contributed by atoms with E-state index in [0.29, 0.717) is 4.99 Å². The number of thioether (sulfide) groups is 1. The Bertz CT molecular complexity index is 391. The van der Waals surface area contributed by atoms with E-state index in [2.05, 4.69) is 16.6 Å². The summed E-state index contributed by atoms with van der Waals surface area (Å²) in [5.74, 6) is 1.84. The van der Waals surface area contributed by atoms with Gasteiger partial charge in [0.1, 0.15) is 10.8 Å². The van der Waals surface area contributed by atoms with Gasteiger partial charge in [-0.2, -0.15) is 11.8 Å². The van der Waals surface area contributed by atoms with Crippen molar-refractivity contribution in [1.82, 2.24) is 4.98 Å². The molecule has 0 aromatic carbocycles. The van der Waals surface area contributed by atoms with Gasteiger partial charge in [0.15, 0.2) is 0 Å². The molecule has 0 atom stereocenters. The Hall–Kier alpha value is -0.810. The van der Waals surface area contributed by atoms with Crippen LogP contribution in [0.15, 0.2) is 6.07 Å². The lowest BCUT2D eigenvalue weighted by molar-refractivity contribution is 1.11. The molecule has 0 aliphatic heterocycles. The predicted molar refractivity (Wildman–Crippen MR) is 76.5 cm³/mol. The highest BCUT2D eigenvalue weighted by Gasteiger charge is 2.10. The van der Waals surface area contributed by atoms with Gasteiger partial charge in [-0.05, 0) is 31.7 Å². The summed E-state index contributed by atoms with van der Waals surface area (Å²) in [6.07, 6.45) is 2.07. The number of pyridine rings is 1. The average molecular weight is 255 g/mol. The Balaban J connectivity index is 2.99. The molecule has 0 aliphatic rings. The van der Waals surface area contributed by atoms with Gasteiger partial charge in [-0.25, -0.2) is 4.98 Å². The Morgan fingerprint density at radius 2 is 2.25 bits per heavy atom. The number of aromatic nitrogens is 1. The third-order valence-corrected chi connectivity index (χ3v) is 3.01. The second-order valence-corrected chi connectivity index (χ2v) is 5.01. The van der Waals surface area contributed by atoms with Crippen molar-refractivity contribution in [2.24, 2.45) is 5.73 Å². The third kappa shape index (κ3) is 3.35. The van der Waals surface area contributed by atoms with Crippen LogP contribution in [0.5, 0.6) is 0 Å². The minimum absolute atomic E-state index is 0.400. The van der Waals surface area contributed by atoms with E-state index in [9.17, 15) is 0 Å². The quantitative estimate of drug-likeness (QED) is 0.623. The molecular formula is C11H17N3S2. The Morgan fingerprint density at radius 3 is 2.81 bits per heavy atom. The summed E-state index contributed by atoms with van der Waals surface area (Å²) in [5, 5.41) is 3.28. The molecule has 1 aromatic rings. The summed E-state index contributed by atoms with van der Waals surface area (Å²) in [4.78, 5) is 4.84. The highest BCUT2D eigenvalue weighted by molar-refractivity contribution is 7.98. The Labute approximate surface area is 106 Å². The summed E-state index contributed by atoms with van der Waals surface area (Å²) in [7, 11) is 0. The van der Waals surface area contributed by atoms with Crippen molar-refractivity contribution in [2.45, 2.75) is 13.8 Å². The maximum Gasteiger partial charge on any atom is 0.136 e. The number of hydrogen-bond donors (Lipinski definition) is 2. The molecule has 1 rings (SSSR count). The van der Waals surface area contributed by atoms with Crippen LogP contribution in [-0.2, 0) is 0 Å². The topological polar surface area (TPSA) is 50.9 Å². The van der Waals surface area contributed by atoms with Gasteiger partial charge < -0.3 is 11.1 Å². The lowest BCUT2D eigenvalue weighted by Crippen LogP contribution is -2.17. The van der Waals surface area contributed by atoms with Crippen LogP contribution in [0.3, 0.4) is 0 Å². The van der Waals surface area contributed by atoms with Crippen LogP contribution in [0.2, 0.25) is 0 Å². The minimum atomic E-state index is 0.400. The molecule has 0 aliphatic carbocycles. The largest absolute Gasteiger partial charge is 0.389 e. The molecule has 1 heterocycles. The fourth-order valence-corrected chi connectivity index (χ4v) is 2.11. The van der Waals surface area contributed by atoms with Crippen molar-refractivity contribution >= 4 is 34.8 Å². The SMILES string of the molecule is CSCCNc1nc(C)cc(C)c1C(N)=S. The summed E-state index contributed by atoms with van der Waals surface area (Å²) in [6, 6.07) is 1.99. The molecule has 0 spiro atoms. The van der Waals surface area contributed by atoms with E-state index < -0.39 is 0 Å². The Kier molecular flexibility index (Phi) is 5.02. The van der Waals surface area contributed by atoms with Crippen molar-refractivity contribution in [1.29, 1.82) is 0 Å². The fraction of sp³-hybridized carbons (Fsp3) is 0.455. The molecule has 0 radical (unpaired) electrons. The second kappa shape index (κ2) is 6.06. The van der Waals surface area contributed by atoms with E-state index in [0.717, 1.165) is 34.9 Å². The molecule has 0 bridgehead atoms. The number of hydrogen-bond acceptors (Lipinski definition) is 4. The van der Waals surface area contributed by atoms with Crippen molar-refractivity contribution in [2.75, 3.05) is 23.9 Å². The number of aryl methyl sites for hydroxylation is 2. The van der Waals surface area contributed by atoms with Gasteiger partial charge in [-0.1, -0.05) is 12.2 Å². The van der Waals surface area contributed by atoms with Crippen molar-refractivity contribution < 1.29 is 0 Å². The van der Waals surface area contributed by atoms with Gasteiger partial charge in [-0.15, -0.1) is 0 Å². The minimum Gasteiger partial charge on any atom is -0.389 e. The first-order chi connectivity index (χ1) is 7.56. The zero-order valence-electron chi connectivity index (χ0n) is 9.83. The van der Waals surface area contributed by atoms with Crippen LogP contribution >= 0.6 is 24.0 Å². The van der Waals surface area contributed by atoms with Crippen LogP contribution in [-0.4, -0.2) is 28.5 Å². The highest BCUT2D eigenvalue weighted by atomic mass is 32.2. The maximum absolute atomic E-state index is 5.72. The summed E-state index contributed by atoms with van der Waals surface area (Å²) < 4.78 is 0. The van der Waals surface area contributed by atoms with Crippen molar-refractivity contribution in [3.63, 3.8) is 0 Å². The first kappa shape index (κ1) is 13.3. The molecular weight excluding hydrogens is 238 g/mol. The molecule has 16 heavy (non-hydrogen) atoms. The van der Waals surface area contributed by atoms with Crippen molar-refractivity contribution in [3.8, 4) is 0 Å². The van der Waals surface area contributed by atoms with Gasteiger partial charge in [0.05, 0.1) is 5.56 Å². The van der Waals surface area contributed by atoms with Gasteiger partial charge in [0.25, 0.3) is 0 Å². The van der Waals surface area contributed by atoms with E-state index in [1.807, 2.05) is 19.9 Å². The fourth-order valence-electron chi connectivity index (χ4n) is 1.55. The second-order valence-electron chi connectivity index (χ2n) is 3.59. The van der Waals surface area contributed by atoms with Gasteiger partial charge in [-0.3, -0.25) is 0 Å². The van der Waals surface area contributed by atoms with Gasteiger partial charge >= 0.3 is 0 Å². The molecule has 0 unspecified atom stereocenters. The van der Waals surface area contributed by atoms with E-state index in [-0.39, 0.29) is 0 Å². The van der Waals surface area contributed by atoms with E-state index in [4.69, 9.17) is 18.0 Å². The lowest BCUT2D eigenvalue weighted by Gasteiger charge is -2.13. The lowest BCUT2D eigenvalue weighted by atomic mass is 10.1. The van der Waals surface area contributed by atoms with Crippen LogP contribution in [0.4, 0.5) is 5.82 Å². The molecule has 5 heteroatoms. The molecule has 0 saturated heterocycles. The number of rotatable bonds is 5. The first-order valence-corrected chi connectivity index (χ1v) is 6.87. The Morgan fingerprint density at radius 1 is 1.56 bits per heavy atom. The van der Waals surface area contributed by atoms with Gasteiger partial charge in [0, 0.05) is 18.0 Å². The number of nitrogens with two attached hydrogens (primary N) is 1. The third-order valence-electron chi connectivity index (χ3n) is 2.19. The predicted octanol–water partition coefficient (Wildman–Crippen LogP) is 2.11. The summed E-state index contributed by atoms with van der Waals surface area (Å²) in [6.45, 7) is 4.84. The van der Waals surface area contributed by atoms with Crippen LogP contribution < -0.4 is 11.1 Å². The smallest absolute Gasteiger partial charge is 0.136 e. The normalized spacial score (nSPS) is 10.2.